The van der Waals surface area contributed by atoms with E-state index in [1.165, 1.54) is 0 Å². The molecule has 0 aromatic carbocycles. The predicted octanol–water partition coefficient (Wildman–Crippen LogP) is 3.33. The summed E-state index contributed by atoms with van der Waals surface area (Å²) in [5.74, 6) is 0.300. The summed E-state index contributed by atoms with van der Waals surface area (Å²) in [5.41, 5.74) is -0.786. The Hall–Kier alpha value is -0.680. The van der Waals surface area contributed by atoms with Crippen LogP contribution in [0.2, 0.25) is 0 Å². The van der Waals surface area contributed by atoms with E-state index in [1.54, 1.807) is 4.90 Å². The fraction of sp³-hybridized carbons (Fsp3) is 0.882. The highest BCUT2D eigenvalue weighted by Gasteiger charge is 2.69. The number of alkyl halides is 2. The maximum Gasteiger partial charge on any atom is 0.411 e. The van der Waals surface area contributed by atoms with E-state index in [9.17, 15) is 9.59 Å². The maximum atomic E-state index is 12.6. The molecule has 7 heteroatoms. The molecule has 1 aliphatic heterocycles. The number of hydrogen-bond acceptors (Lipinski definition) is 3. The van der Waals surface area contributed by atoms with Crippen molar-refractivity contribution in [2.75, 3.05) is 6.54 Å². The lowest BCUT2D eigenvalue weighted by molar-refractivity contribution is -0.126. The first-order chi connectivity index (χ1) is 10.9. The molecule has 1 N–H and O–H groups in total. The van der Waals surface area contributed by atoms with Gasteiger partial charge in [0, 0.05) is 23.9 Å². The molecule has 0 unspecified atom stereocenters. The second-order valence-electron chi connectivity index (χ2n) is 8.84. The molecule has 0 spiro atoms. The fourth-order valence-corrected chi connectivity index (χ4v) is 4.58. The van der Waals surface area contributed by atoms with Gasteiger partial charge in [0.2, 0.25) is 5.91 Å². The zero-order chi connectivity index (χ0) is 18.1. The van der Waals surface area contributed by atoms with Crippen LogP contribution in [0.4, 0.5) is 4.79 Å². The predicted molar refractivity (Wildman–Crippen MR) is 93.1 cm³/mol. The monoisotopic (exact) mass is 376 g/mol. The van der Waals surface area contributed by atoms with Crippen LogP contribution < -0.4 is 5.32 Å². The molecule has 3 rings (SSSR count). The van der Waals surface area contributed by atoms with E-state index in [-0.39, 0.29) is 23.3 Å². The highest BCUT2D eigenvalue weighted by Crippen LogP contribution is 2.68. The van der Waals surface area contributed by atoms with Crippen molar-refractivity contribution in [2.45, 2.75) is 69.5 Å². The minimum absolute atomic E-state index is 0.0168. The summed E-state index contributed by atoms with van der Waals surface area (Å²) in [6, 6.07) is -0.307. The Bertz CT molecular complexity index is 557. The molecule has 136 valence electrons. The van der Waals surface area contributed by atoms with Gasteiger partial charge < -0.3 is 10.1 Å². The van der Waals surface area contributed by atoms with Crippen molar-refractivity contribution >= 4 is 35.2 Å². The zero-order valence-corrected chi connectivity index (χ0v) is 16.4. The molecule has 3 fully saturated rings. The standard InChI is InChI=1S/C17H26Cl2N2O3/c1-15(2,3)24-14(23)21-10-6-9(10)7-11(21)13(22)20-8-12-16(4,5)17(12,18)19/h9-12H,6-8H2,1-5H3,(H,20,22)/t9-,10-,11+,12+/m1/s1. The average Bonchev–Trinajstić information content (AvgIpc) is 3.17. The molecule has 0 radical (unpaired) electrons. The third-order valence-electron chi connectivity index (χ3n) is 5.58. The van der Waals surface area contributed by atoms with Crippen molar-refractivity contribution in [3.8, 4) is 0 Å². The zero-order valence-electron chi connectivity index (χ0n) is 14.9. The van der Waals surface area contributed by atoms with Crippen LogP contribution >= 0.6 is 23.2 Å². The minimum Gasteiger partial charge on any atom is -0.444 e. The highest BCUT2D eigenvalue weighted by molar-refractivity contribution is 6.51. The Morgan fingerprint density at radius 3 is 2.33 bits per heavy atom. The van der Waals surface area contributed by atoms with Gasteiger partial charge in [-0.05, 0) is 39.5 Å². The molecule has 0 aromatic rings. The number of piperidine rings is 1. The van der Waals surface area contributed by atoms with Gasteiger partial charge >= 0.3 is 6.09 Å². The van der Waals surface area contributed by atoms with Crippen LogP contribution in [-0.4, -0.2) is 45.5 Å². The Morgan fingerprint density at radius 2 is 1.83 bits per heavy atom. The van der Waals surface area contributed by atoms with E-state index in [1.807, 2.05) is 34.6 Å². The lowest BCUT2D eigenvalue weighted by Gasteiger charge is -2.30. The van der Waals surface area contributed by atoms with Crippen molar-refractivity contribution in [3.63, 3.8) is 0 Å². The van der Waals surface area contributed by atoms with Crippen molar-refractivity contribution in [1.29, 1.82) is 0 Å². The van der Waals surface area contributed by atoms with Crippen LogP contribution in [-0.2, 0) is 9.53 Å². The van der Waals surface area contributed by atoms with Gasteiger partial charge in [-0.3, -0.25) is 9.69 Å². The molecular weight excluding hydrogens is 351 g/mol. The number of likely N-dealkylation sites (tertiary alicyclic amines) is 1. The quantitative estimate of drug-likeness (QED) is 0.768. The van der Waals surface area contributed by atoms with Crippen molar-refractivity contribution in [3.05, 3.63) is 0 Å². The smallest absolute Gasteiger partial charge is 0.411 e. The van der Waals surface area contributed by atoms with Crippen LogP contribution in [0.1, 0.15) is 47.5 Å². The molecule has 2 amide bonds. The van der Waals surface area contributed by atoms with Gasteiger partial charge in [-0.15, -0.1) is 23.2 Å². The Labute approximate surface area is 153 Å². The molecule has 3 aliphatic rings. The molecule has 0 bridgehead atoms. The summed E-state index contributed by atoms with van der Waals surface area (Å²) in [6.07, 6.45) is 1.27. The van der Waals surface area contributed by atoms with Gasteiger partial charge in [0.1, 0.15) is 16.0 Å². The Balaban J connectivity index is 1.59. The molecule has 2 aliphatic carbocycles. The van der Waals surface area contributed by atoms with Gasteiger partial charge in [0.05, 0.1) is 0 Å². The van der Waals surface area contributed by atoms with Crippen LogP contribution in [0.25, 0.3) is 0 Å². The number of amides is 2. The summed E-state index contributed by atoms with van der Waals surface area (Å²) in [4.78, 5) is 26.7. The van der Waals surface area contributed by atoms with Gasteiger partial charge in [0.15, 0.2) is 0 Å². The van der Waals surface area contributed by atoms with Crippen molar-refractivity contribution < 1.29 is 14.3 Å². The average molecular weight is 377 g/mol. The van der Waals surface area contributed by atoms with E-state index in [0.29, 0.717) is 18.9 Å². The van der Waals surface area contributed by atoms with Crippen molar-refractivity contribution in [2.24, 2.45) is 17.3 Å². The highest BCUT2D eigenvalue weighted by atomic mass is 35.5. The van der Waals surface area contributed by atoms with E-state index < -0.39 is 22.1 Å². The normalized spacial score (nSPS) is 35.2. The Kier molecular flexibility index (Phi) is 4.08. The third-order valence-corrected chi connectivity index (χ3v) is 7.08. The number of nitrogens with zero attached hydrogens (tertiary/aromatic N) is 1. The van der Waals surface area contributed by atoms with Gasteiger partial charge in [-0.1, -0.05) is 13.8 Å². The summed E-state index contributed by atoms with van der Waals surface area (Å²) < 4.78 is 4.67. The van der Waals surface area contributed by atoms with Crippen LogP contribution in [0.3, 0.4) is 0 Å². The topological polar surface area (TPSA) is 58.6 Å². The first kappa shape index (κ1) is 18.1. The number of hydrogen-bond donors (Lipinski definition) is 1. The molecule has 2 saturated carbocycles. The molecule has 1 heterocycles. The SMILES string of the molecule is CC(C)(C)OC(=O)N1[C@@H]2C[C@@H]2C[C@H]1C(=O)NC[C@H]1C(C)(C)C1(Cl)Cl. The number of rotatable bonds is 3. The molecule has 24 heavy (non-hydrogen) atoms. The lowest BCUT2D eigenvalue weighted by atomic mass is 10.1. The number of carbonyl (C=O) groups excluding carboxylic acids is 2. The Morgan fingerprint density at radius 1 is 1.25 bits per heavy atom. The van der Waals surface area contributed by atoms with Crippen LogP contribution in [0, 0.1) is 17.3 Å². The summed E-state index contributed by atoms with van der Waals surface area (Å²) in [6.45, 7) is 9.89. The van der Waals surface area contributed by atoms with Gasteiger partial charge in [-0.25, -0.2) is 4.79 Å². The number of carbonyl (C=O) groups is 2. The third kappa shape index (κ3) is 2.98. The summed E-state index contributed by atoms with van der Waals surface area (Å²) in [7, 11) is 0. The lowest BCUT2D eigenvalue weighted by Crippen LogP contribution is -2.49. The fourth-order valence-electron chi connectivity index (χ4n) is 3.73. The molecule has 4 atom stereocenters. The van der Waals surface area contributed by atoms with Crippen molar-refractivity contribution in [1.82, 2.24) is 10.2 Å². The van der Waals surface area contributed by atoms with E-state index in [0.717, 1.165) is 6.42 Å². The number of halogens is 2. The minimum atomic E-state index is -0.803. The second kappa shape index (κ2) is 5.41. The molecular formula is C17H26Cl2N2O3. The first-order valence-corrected chi connectivity index (χ1v) is 9.28. The largest absolute Gasteiger partial charge is 0.444 e. The molecule has 5 nitrogen and oxygen atoms in total. The van der Waals surface area contributed by atoms with E-state index in [2.05, 4.69) is 5.32 Å². The molecule has 1 saturated heterocycles. The number of ether oxygens (including phenoxy) is 1. The molecule has 0 aromatic heterocycles. The van der Waals surface area contributed by atoms with Gasteiger partial charge in [0.25, 0.3) is 0 Å². The maximum absolute atomic E-state index is 12.6. The van der Waals surface area contributed by atoms with E-state index >= 15 is 0 Å². The second-order valence-corrected chi connectivity index (χ2v) is 10.2. The first-order valence-electron chi connectivity index (χ1n) is 8.53. The summed E-state index contributed by atoms with van der Waals surface area (Å²) >= 11 is 12.5. The van der Waals surface area contributed by atoms with E-state index in [4.69, 9.17) is 27.9 Å². The number of fused-ring (bicyclic) bond motifs is 1. The van der Waals surface area contributed by atoms with Crippen LogP contribution in [0.5, 0.6) is 0 Å². The van der Waals surface area contributed by atoms with Crippen LogP contribution in [0.15, 0.2) is 0 Å². The summed E-state index contributed by atoms with van der Waals surface area (Å²) in [5, 5.41) is 2.93. The van der Waals surface area contributed by atoms with Gasteiger partial charge in [-0.2, -0.15) is 0 Å². The number of nitrogens with one attached hydrogen (secondary N) is 1.